The number of rotatable bonds is 6. The molecule has 1 amide bonds. The zero-order valence-corrected chi connectivity index (χ0v) is 20.0. The highest BCUT2D eigenvalue weighted by Crippen LogP contribution is 2.28. The molecule has 0 spiro atoms. The first-order valence-electron chi connectivity index (χ1n) is 11.2. The van der Waals surface area contributed by atoms with Gasteiger partial charge in [0.25, 0.3) is 0 Å². The van der Waals surface area contributed by atoms with Crippen molar-refractivity contribution in [1.29, 1.82) is 0 Å². The standard InChI is InChI=1S/C24H34N4O2S/c1-17-23(31-18(2)25-17)12-24(29)28-11-7-9-20(28)15-27-13-19-8-5-6-10-22(19)30-16-21(27)14-26(3)4/h5-6,8,10,20-21H,7,9,11-16H2,1-4H3/t20-,21+/m0/s1. The fourth-order valence-corrected chi connectivity index (χ4v) is 5.75. The zero-order valence-electron chi connectivity index (χ0n) is 19.1. The molecule has 2 atom stereocenters. The first-order valence-corrected chi connectivity index (χ1v) is 12.0. The average Bonchev–Trinajstić information content (AvgIpc) is 3.26. The summed E-state index contributed by atoms with van der Waals surface area (Å²) in [6, 6.07) is 8.90. The van der Waals surface area contributed by atoms with Gasteiger partial charge < -0.3 is 14.5 Å². The lowest BCUT2D eigenvalue weighted by Crippen LogP contribution is -2.50. The van der Waals surface area contributed by atoms with Crippen molar-refractivity contribution in [3.63, 3.8) is 0 Å². The van der Waals surface area contributed by atoms with Crippen LogP contribution < -0.4 is 4.74 Å². The van der Waals surface area contributed by atoms with Crippen LogP contribution in [0.2, 0.25) is 0 Å². The monoisotopic (exact) mass is 442 g/mol. The number of hydrogen-bond donors (Lipinski definition) is 0. The van der Waals surface area contributed by atoms with Crippen molar-refractivity contribution in [2.75, 3.05) is 40.3 Å². The lowest BCUT2D eigenvalue weighted by molar-refractivity contribution is -0.131. The van der Waals surface area contributed by atoms with Crippen LogP contribution in [0.4, 0.5) is 0 Å². The minimum Gasteiger partial charge on any atom is -0.492 e. The number of likely N-dealkylation sites (N-methyl/N-ethyl adjacent to an activating group) is 1. The average molecular weight is 443 g/mol. The van der Waals surface area contributed by atoms with Gasteiger partial charge in [0.1, 0.15) is 12.4 Å². The number of amides is 1. The summed E-state index contributed by atoms with van der Waals surface area (Å²) in [4.78, 5) is 25.7. The Bertz CT molecular complexity index is 913. The Morgan fingerprint density at radius 2 is 2.06 bits per heavy atom. The van der Waals surface area contributed by atoms with Crippen LogP contribution in [0, 0.1) is 13.8 Å². The molecule has 168 valence electrons. The van der Waals surface area contributed by atoms with Crippen molar-refractivity contribution < 1.29 is 9.53 Å². The van der Waals surface area contributed by atoms with Gasteiger partial charge in [0, 0.05) is 42.7 Å². The predicted molar refractivity (Wildman–Crippen MR) is 125 cm³/mol. The fourth-order valence-electron chi connectivity index (χ4n) is 4.82. The number of hydrogen-bond acceptors (Lipinski definition) is 6. The van der Waals surface area contributed by atoms with E-state index in [1.165, 1.54) is 5.56 Å². The van der Waals surface area contributed by atoms with Gasteiger partial charge in [-0.1, -0.05) is 18.2 Å². The van der Waals surface area contributed by atoms with Crippen LogP contribution in [0.15, 0.2) is 24.3 Å². The molecule has 0 radical (unpaired) electrons. The summed E-state index contributed by atoms with van der Waals surface area (Å²) in [5.74, 6) is 1.23. The topological polar surface area (TPSA) is 48.9 Å². The van der Waals surface area contributed by atoms with E-state index < -0.39 is 0 Å². The van der Waals surface area contributed by atoms with Crippen molar-refractivity contribution in [2.24, 2.45) is 0 Å². The molecule has 7 heteroatoms. The van der Waals surface area contributed by atoms with Crippen LogP contribution >= 0.6 is 11.3 Å². The Morgan fingerprint density at radius 3 is 2.81 bits per heavy atom. The second-order valence-electron chi connectivity index (χ2n) is 9.07. The van der Waals surface area contributed by atoms with Crippen LogP contribution in [0.3, 0.4) is 0 Å². The number of aryl methyl sites for hydroxylation is 2. The molecule has 0 N–H and O–H groups in total. The van der Waals surface area contributed by atoms with Crippen molar-refractivity contribution in [3.8, 4) is 5.75 Å². The first kappa shape index (κ1) is 22.2. The molecule has 0 saturated carbocycles. The maximum absolute atomic E-state index is 13.2. The summed E-state index contributed by atoms with van der Waals surface area (Å²) in [6.07, 6.45) is 2.62. The molecular weight excluding hydrogens is 408 g/mol. The number of carbonyl (C=O) groups is 1. The maximum Gasteiger partial charge on any atom is 0.228 e. The summed E-state index contributed by atoms with van der Waals surface area (Å²) < 4.78 is 6.17. The molecule has 1 saturated heterocycles. The number of nitrogens with zero attached hydrogens (tertiary/aromatic N) is 4. The Morgan fingerprint density at radius 1 is 1.26 bits per heavy atom. The van der Waals surface area contributed by atoms with E-state index in [0.29, 0.717) is 19.1 Å². The Kier molecular flexibility index (Phi) is 6.94. The van der Waals surface area contributed by atoms with E-state index in [4.69, 9.17) is 4.74 Å². The van der Waals surface area contributed by atoms with Crippen LogP contribution in [-0.2, 0) is 17.8 Å². The van der Waals surface area contributed by atoms with Crippen molar-refractivity contribution >= 4 is 17.2 Å². The van der Waals surface area contributed by atoms with Crippen molar-refractivity contribution in [3.05, 3.63) is 45.4 Å². The highest BCUT2D eigenvalue weighted by Gasteiger charge is 2.34. The molecule has 2 aliphatic heterocycles. The highest BCUT2D eigenvalue weighted by molar-refractivity contribution is 7.11. The molecule has 0 unspecified atom stereocenters. The van der Waals surface area contributed by atoms with Crippen LogP contribution in [0.5, 0.6) is 5.75 Å². The number of para-hydroxylation sites is 1. The molecule has 6 nitrogen and oxygen atoms in total. The number of thiazole rings is 1. The van der Waals surface area contributed by atoms with E-state index in [9.17, 15) is 4.79 Å². The Hall–Kier alpha value is -1.96. The van der Waals surface area contributed by atoms with Gasteiger partial charge in [-0.05, 0) is 46.9 Å². The SMILES string of the molecule is Cc1nc(C)c(CC(=O)N2CCC[C@H]2CN2Cc3ccccc3OC[C@H]2CN(C)C)s1. The lowest BCUT2D eigenvalue weighted by atomic mass is 10.1. The molecule has 1 fully saturated rings. The van der Waals surface area contributed by atoms with E-state index >= 15 is 0 Å². The predicted octanol–water partition coefficient (Wildman–Crippen LogP) is 3.12. The van der Waals surface area contributed by atoms with Crippen LogP contribution in [-0.4, -0.2) is 78.0 Å². The summed E-state index contributed by atoms with van der Waals surface area (Å²) in [6.45, 7) is 8.24. The third-order valence-electron chi connectivity index (χ3n) is 6.32. The number of likely N-dealkylation sites (tertiary alicyclic amines) is 1. The second-order valence-corrected chi connectivity index (χ2v) is 10.4. The molecular formula is C24H34N4O2S. The van der Waals surface area contributed by atoms with Gasteiger partial charge in [-0.2, -0.15) is 0 Å². The van der Waals surface area contributed by atoms with Crippen LogP contribution in [0.1, 0.15) is 34.0 Å². The molecule has 1 aromatic heterocycles. The summed E-state index contributed by atoms with van der Waals surface area (Å²) in [5.41, 5.74) is 2.23. The van der Waals surface area contributed by atoms with E-state index in [1.54, 1.807) is 11.3 Å². The summed E-state index contributed by atoms with van der Waals surface area (Å²) in [5, 5.41) is 1.04. The molecule has 31 heavy (non-hydrogen) atoms. The van der Waals surface area contributed by atoms with Gasteiger partial charge in [-0.3, -0.25) is 9.69 Å². The largest absolute Gasteiger partial charge is 0.492 e. The van der Waals surface area contributed by atoms with Gasteiger partial charge >= 0.3 is 0 Å². The van der Waals surface area contributed by atoms with Gasteiger partial charge in [-0.25, -0.2) is 4.98 Å². The fraction of sp³-hybridized carbons (Fsp3) is 0.583. The van der Waals surface area contributed by atoms with Gasteiger partial charge in [0.2, 0.25) is 5.91 Å². The lowest BCUT2D eigenvalue weighted by Gasteiger charge is -2.35. The summed E-state index contributed by atoms with van der Waals surface area (Å²) >= 11 is 1.65. The number of benzene rings is 1. The maximum atomic E-state index is 13.2. The third kappa shape index (κ3) is 5.27. The summed E-state index contributed by atoms with van der Waals surface area (Å²) in [7, 11) is 4.22. The van der Waals surface area contributed by atoms with E-state index in [1.807, 2.05) is 19.9 Å². The second kappa shape index (κ2) is 9.67. The Labute approximate surface area is 189 Å². The first-order chi connectivity index (χ1) is 14.9. The van der Waals surface area contributed by atoms with Gasteiger partial charge in [0.15, 0.2) is 0 Å². The zero-order chi connectivity index (χ0) is 22.0. The Balaban J connectivity index is 1.49. The normalized spacial score (nSPS) is 21.8. The molecule has 2 aromatic rings. The smallest absolute Gasteiger partial charge is 0.228 e. The number of aromatic nitrogens is 1. The van der Waals surface area contributed by atoms with Crippen LogP contribution in [0.25, 0.3) is 0 Å². The van der Waals surface area contributed by atoms with Crippen molar-refractivity contribution in [1.82, 2.24) is 19.7 Å². The number of carbonyl (C=O) groups excluding carboxylic acids is 1. The minimum atomic E-state index is 0.241. The molecule has 0 aliphatic carbocycles. The quantitative estimate of drug-likeness (QED) is 0.688. The molecule has 3 heterocycles. The van der Waals surface area contributed by atoms with Gasteiger partial charge in [0.05, 0.1) is 23.2 Å². The third-order valence-corrected chi connectivity index (χ3v) is 7.40. The van der Waals surface area contributed by atoms with E-state index in [2.05, 4.69) is 52.0 Å². The molecule has 1 aromatic carbocycles. The highest BCUT2D eigenvalue weighted by atomic mass is 32.1. The molecule has 2 aliphatic rings. The number of fused-ring (bicyclic) bond motifs is 1. The minimum absolute atomic E-state index is 0.241. The molecule has 4 rings (SSSR count). The van der Waals surface area contributed by atoms with E-state index in [-0.39, 0.29) is 11.9 Å². The number of ether oxygens (including phenoxy) is 1. The van der Waals surface area contributed by atoms with E-state index in [0.717, 1.165) is 60.3 Å². The molecule has 0 bridgehead atoms. The van der Waals surface area contributed by atoms with Crippen molar-refractivity contribution in [2.45, 2.75) is 51.7 Å². The van der Waals surface area contributed by atoms with Gasteiger partial charge in [-0.15, -0.1) is 11.3 Å².